The quantitative estimate of drug-likeness (QED) is 0.861. The lowest BCUT2D eigenvalue weighted by atomic mass is 10.00. The van der Waals surface area contributed by atoms with Crippen LogP contribution in [0.1, 0.15) is 29.2 Å². The lowest BCUT2D eigenvalue weighted by Gasteiger charge is -2.31. The molecule has 0 radical (unpaired) electrons. The molecule has 1 saturated heterocycles. The summed E-state index contributed by atoms with van der Waals surface area (Å²) in [5, 5.41) is 4.70. The van der Waals surface area contributed by atoms with Gasteiger partial charge in [0.2, 0.25) is 5.91 Å². The van der Waals surface area contributed by atoms with E-state index in [1.807, 2.05) is 42.4 Å². The molecular formula is C22H24N4O2. The number of amides is 2. The Morgan fingerprint density at radius 2 is 1.89 bits per heavy atom. The number of hydrogen-bond acceptors (Lipinski definition) is 4. The third-order valence-electron chi connectivity index (χ3n) is 5.17. The molecule has 0 saturated carbocycles. The Morgan fingerprint density at radius 3 is 2.64 bits per heavy atom. The Hall–Kier alpha value is -3.12. The molecule has 2 aliphatic rings. The van der Waals surface area contributed by atoms with E-state index in [1.54, 1.807) is 6.20 Å². The first kappa shape index (κ1) is 18.3. The van der Waals surface area contributed by atoms with Gasteiger partial charge in [-0.3, -0.25) is 9.59 Å². The number of hydrazine groups is 1. The number of hydrogen-bond donors (Lipinski definition) is 2. The van der Waals surface area contributed by atoms with E-state index in [0.717, 1.165) is 16.8 Å². The maximum Gasteiger partial charge on any atom is 0.251 e. The van der Waals surface area contributed by atoms with Gasteiger partial charge in [0.1, 0.15) is 12.6 Å². The van der Waals surface area contributed by atoms with Crippen molar-refractivity contribution in [1.82, 2.24) is 15.3 Å². The highest BCUT2D eigenvalue weighted by Crippen LogP contribution is 2.30. The van der Waals surface area contributed by atoms with Crippen molar-refractivity contribution in [2.45, 2.75) is 32.4 Å². The predicted octanol–water partition coefficient (Wildman–Crippen LogP) is 2.88. The molecule has 2 heterocycles. The lowest BCUT2D eigenvalue weighted by molar-refractivity contribution is -0.137. The number of carbonyl (C=O) groups is 2. The molecule has 6 nitrogen and oxygen atoms in total. The van der Waals surface area contributed by atoms with Crippen molar-refractivity contribution in [2.24, 2.45) is 0 Å². The van der Waals surface area contributed by atoms with Crippen LogP contribution in [0.4, 0.5) is 5.69 Å². The molecule has 4 rings (SSSR count). The summed E-state index contributed by atoms with van der Waals surface area (Å²) >= 11 is 0. The van der Waals surface area contributed by atoms with Crippen LogP contribution in [0.2, 0.25) is 0 Å². The van der Waals surface area contributed by atoms with Gasteiger partial charge in [0.05, 0.1) is 6.04 Å². The summed E-state index contributed by atoms with van der Waals surface area (Å²) in [5.74, 6) is -0.276. The van der Waals surface area contributed by atoms with Crippen LogP contribution in [0.15, 0.2) is 60.9 Å². The minimum atomic E-state index is -0.303. The van der Waals surface area contributed by atoms with Crippen LogP contribution in [0, 0.1) is 13.8 Å². The van der Waals surface area contributed by atoms with Gasteiger partial charge in [-0.1, -0.05) is 42.0 Å². The highest BCUT2D eigenvalue weighted by atomic mass is 16.2. The number of rotatable bonds is 4. The smallest absolute Gasteiger partial charge is 0.251 e. The zero-order valence-corrected chi connectivity index (χ0v) is 16.1. The molecule has 0 aromatic heterocycles. The lowest BCUT2D eigenvalue weighted by Crippen LogP contribution is -2.49. The molecule has 6 heteroatoms. The zero-order chi connectivity index (χ0) is 19.7. The monoisotopic (exact) mass is 376 g/mol. The second-order valence-electron chi connectivity index (χ2n) is 7.43. The summed E-state index contributed by atoms with van der Waals surface area (Å²) < 4.78 is 0. The number of carbonyl (C=O) groups excluding carboxylic acids is 2. The van der Waals surface area contributed by atoms with Gasteiger partial charge in [0.15, 0.2) is 0 Å². The topological polar surface area (TPSA) is 64.7 Å². The van der Waals surface area contributed by atoms with E-state index in [0.29, 0.717) is 6.42 Å². The first-order valence-electron chi connectivity index (χ1n) is 9.46. The Balaban J connectivity index is 1.39. The first-order valence-corrected chi connectivity index (χ1v) is 9.46. The van der Waals surface area contributed by atoms with E-state index in [-0.39, 0.29) is 30.4 Å². The van der Waals surface area contributed by atoms with Crippen molar-refractivity contribution < 1.29 is 9.59 Å². The second kappa shape index (κ2) is 7.48. The molecule has 2 atom stereocenters. The number of nitrogens with one attached hydrogen (secondary N) is 2. The largest absolute Gasteiger partial charge is 0.325 e. The summed E-state index contributed by atoms with van der Waals surface area (Å²) in [6.45, 7) is 4.03. The fraction of sp³-hybridized carbons (Fsp3) is 0.273. The number of benzene rings is 2. The fourth-order valence-corrected chi connectivity index (χ4v) is 3.66. The average molecular weight is 376 g/mol. The minimum absolute atomic E-state index is 0.00279. The van der Waals surface area contributed by atoms with Gasteiger partial charge in [0.25, 0.3) is 5.91 Å². The summed E-state index contributed by atoms with van der Waals surface area (Å²) in [6, 6.07) is 15.7. The van der Waals surface area contributed by atoms with Gasteiger partial charge in [-0.25, -0.2) is 5.43 Å². The van der Waals surface area contributed by atoms with Crippen LogP contribution in [0.5, 0.6) is 0 Å². The van der Waals surface area contributed by atoms with Crippen LogP contribution in [-0.4, -0.2) is 34.3 Å². The maximum atomic E-state index is 12.9. The van der Waals surface area contributed by atoms with Crippen molar-refractivity contribution >= 4 is 17.5 Å². The van der Waals surface area contributed by atoms with Crippen molar-refractivity contribution in [1.29, 1.82) is 0 Å². The molecule has 2 aromatic rings. The molecule has 144 valence electrons. The summed E-state index contributed by atoms with van der Waals surface area (Å²) in [6.07, 6.45) is 4.17. The highest BCUT2D eigenvalue weighted by molar-refractivity contribution is 5.96. The average Bonchev–Trinajstić information content (AvgIpc) is 3.10. The normalized spacial score (nSPS) is 21.0. The SMILES string of the molecule is Cc1ccc(C2CC3C(=O)N(CC(=O)Nc4cccc(C)c4)C=CN3N2)cc1. The highest BCUT2D eigenvalue weighted by Gasteiger charge is 2.40. The van der Waals surface area contributed by atoms with Crippen LogP contribution in [0.25, 0.3) is 0 Å². The maximum absolute atomic E-state index is 12.9. The standard InChI is InChI=1S/C22H24N4O2/c1-15-6-8-17(9-7-15)19-13-20-22(28)25(10-11-26(20)24-19)14-21(27)23-18-5-3-4-16(2)12-18/h3-12,19-20,24H,13-14H2,1-2H3,(H,23,27). The van der Waals surface area contributed by atoms with Crippen molar-refractivity contribution in [3.63, 3.8) is 0 Å². The Labute approximate surface area is 164 Å². The Kier molecular flexibility index (Phi) is 4.88. The van der Waals surface area contributed by atoms with E-state index in [1.165, 1.54) is 10.5 Å². The summed E-state index contributed by atoms with van der Waals surface area (Å²) in [5.41, 5.74) is 7.55. The van der Waals surface area contributed by atoms with E-state index < -0.39 is 0 Å². The minimum Gasteiger partial charge on any atom is -0.325 e. The van der Waals surface area contributed by atoms with Gasteiger partial charge in [-0.15, -0.1) is 0 Å². The predicted molar refractivity (Wildman–Crippen MR) is 108 cm³/mol. The third-order valence-corrected chi connectivity index (χ3v) is 5.17. The molecule has 0 spiro atoms. The number of fused-ring (bicyclic) bond motifs is 1. The Morgan fingerprint density at radius 1 is 1.11 bits per heavy atom. The van der Waals surface area contributed by atoms with Crippen molar-refractivity contribution in [3.8, 4) is 0 Å². The molecule has 0 bridgehead atoms. The molecule has 2 amide bonds. The van der Waals surface area contributed by atoms with Gasteiger partial charge in [-0.05, 0) is 43.5 Å². The van der Waals surface area contributed by atoms with E-state index in [9.17, 15) is 9.59 Å². The van der Waals surface area contributed by atoms with E-state index in [2.05, 4.69) is 41.9 Å². The molecule has 2 aliphatic heterocycles. The van der Waals surface area contributed by atoms with Crippen molar-refractivity contribution in [2.75, 3.05) is 11.9 Å². The zero-order valence-electron chi connectivity index (χ0n) is 16.1. The Bertz CT molecular complexity index is 922. The molecule has 0 aliphatic carbocycles. The van der Waals surface area contributed by atoms with Gasteiger partial charge in [-0.2, -0.15) is 0 Å². The first-order chi connectivity index (χ1) is 13.5. The van der Waals surface area contributed by atoms with Gasteiger partial charge in [0, 0.05) is 18.1 Å². The molecule has 2 unspecified atom stereocenters. The molecule has 2 aromatic carbocycles. The fourth-order valence-electron chi connectivity index (χ4n) is 3.66. The van der Waals surface area contributed by atoms with Gasteiger partial charge < -0.3 is 15.2 Å². The van der Waals surface area contributed by atoms with Crippen LogP contribution in [0.3, 0.4) is 0 Å². The number of aryl methyl sites for hydroxylation is 2. The van der Waals surface area contributed by atoms with E-state index >= 15 is 0 Å². The van der Waals surface area contributed by atoms with Crippen LogP contribution >= 0.6 is 0 Å². The third kappa shape index (κ3) is 3.77. The van der Waals surface area contributed by atoms with Crippen LogP contribution < -0.4 is 10.7 Å². The van der Waals surface area contributed by atoms with Crippen molar-refractivity contribution in [3.05, 3.63) is 77.6 Å². The summed E-state index contributed by atoms with van der Waals surface area (Å²) in [4.78, 5) is 26.8. The second-order valence-corrected chi connectivity index (χ2v) is 7.43. The molecule has 1 fully saturated rings. The van der Waals surface area contributed by atoms with E-state index in [4.69, 9.17) is 0 Å². The van der Waals surface area contributed by atoms with Gasteiger partial charge >= 0.3 is 0 Å². The number of nitrogens with zero attached hydrogens (tertiary/aromatic N) is 2. The summed E-state index contributed by atoms with van der Waals surface area (Å²) in [7, 11) is 0. The molecular weight excluding hydrogens is 352 g/mol. The molecule has 28 heavy (non-hydrogen) atoms. The number of anilines is 1. The van der Waals surface area contributed by atoms with Crippen LogP contribution in [-0.2, 0) is 9.59 Å². The molecule has 2 N–H and O–H groups in total.